The van der Waals surface area contributed by atoms with Gasteiger partial charge in [-0.05, 0) is 38.7 Å². The fraction of sp³-hybridized carbons (Fsp3) is 0.550. The van der Waals surface area contributed by atoms with E-state index in [1.165, 1.54) is 24.0 Å². The van der Waals surface area contributed by atoms with Gasteiger partial charge in [0.25, 0.3) is 0 Å². The molecule has 0 aliphatic carbocycles. The normalized spacial score (nSPS) is 16.7. The number of benzene rings is 1. The van der Waals surface area contributed by atoms with Crippen molar-refractivity contribution in [3.8, 4) is 0 Å². The van der Waals surface area contributed by atoms with E-state index in [4.69, 9.17) is 0 Å². The van der Waals surface area contributed by atoms with Crippen LogP contribution in [0.25, 0.3) is 0 Å². The second-order valence-electron chi connectivity index (χ2n) is 6.54. The highest BCUT2D eigenvalue weighted by Gasteiger charge is 2.19. The SMILES string of the molecule is CC=CCCNC(=NC)NC1CCN(Cc2cccc(C)c2)CC1.I. The molecule has 2 N–H and O–H groups in total. The highest BCUT2D eigenvalue weighted by Crippen LogP contribution is 2.14. The Morgan fingerprint density at radius 1 is 1.32 bits per heavy atom. The van der Waals surface area contributed by atoms with E-state index in [0.29, 0.717) is 6.04 Å². The second-order valence-corrected chi connectivity index (χ2v) is 6.54. The van der Waals surface area contributed by atoms with Gasteiger partial charge >= 0.3 is 0 Å². The Bertz CT molecular complexity index is 548. The number of aryl methyl sites for hydroxylation is 1. The second kappa shape index (κ2) is 12.3. The molecule has 1 heterocycles. The van der Waals surface area contributed by atoms with Crippen LogP contribution in [0.5, 0.6) is 0 Å². The third-order valence-electron chi connectivity index (χ3n) is 4.48. The van der Waals surface area contributed by atoms with Crippen LogP contribution in [0.4, 0.5) is 0 Å². The first-order valence-corrected chi connectivity index (χ1v) is 9.07. The first kappa shape index (κ1) is 22.0. The molecule has 1 fully saturated rings. The lowest BCUT2D eigenvalue weighted by molar-refractivity contribution is 0.198. The molecule has 0 saturated carbocycles. The molecule has 1 saturated heterocycles. The fourth-order valence-electron chi connectivity index (χ4n) is 3.13. The van der Waals surface area contributed by atoms with Crippen LogP contribution in [0.15, 0.2) is 41.4 Å². The smallest absolute Gasteiger partial charge is 0.191 e. The first-order chi connectivity index (χ1) is 11.7. The molecule has 4 nitrogen and oxygen atoms in total. The predicted molar refractivity (Wildman–Crippen MR) is 119 cm³/mol. The zero-order chi connectivity index (χ0) is 17.2. The van der Waals surface area contributed by atoms with Gasteiger partial charge in [-0.1, -0.05) is 42.0 Å². The maximum atomic E-state index is 4.33. The molecule has 0 atom stereocenters. The summed E-state index contributed by atoms with van der Waals surface area (Å²) in [5, 5.41) is 6.95. The largest absolute Gasteiger partial charge is 0.356 e. The van der Waals surface area contributed by atoms with Gasteiger partial charge in [0.1, 0.15) is 0 Å². The van der Waals surface area contributed by atoms with Gasteiger partial charge in [0.15, 0.2) is 5.96 Å². The van der Waals surface area contributed by atoms with Crippen LogP contribution in [0.2, 0.25) is 0 Å². The lowest BCUT2D eigenvalue weighted by Gasteiger charge is -2.33. The lowest BCUT2D eigenvalue weighted by Crippen LogP contribution is -2.48. The highest BCUT2D eigenvalue weighted by molar-refractivity contribution is 14.0. The van der Waals surface area contributed by atoms with Gasteiger partial charge < -0.3 is 10.6 Å². The number of rotatable bonds is 6. The summed E-state index contributed by atoms with van der Waals surface area (Å²) in [5.74, 6) is 0.927. The van der Waals surface area contributed by atoms with Gasteiger partial charge in [-0.3, -0.25) is 9.89 Å². The summed E-state index contributed by atoms with van der Waals surface area (Å²) in [5.41, 5.74) is 2.76. The molecule has 0 spiro atoms. The number of aliphatic imine (C=N–C) groups is 1. The number of nitrogens with zero attached hydrogens (tertiary/aromatic N) is 2. The maximum Gasteiger partial charge on any atom is 0.191 e. The summed E-state index contributed by atoms with van der Waals surface area (Å²) in [6.45, 7) is 8.48. The minimum Gasteiger partial charge on any atom is -0.356 e. The van der Waals surface area contributed by atoms with E-state index in [1.54, 1.807) is 0 Å². The van der Waals surface area contributed by atoms with Crippen LogP contribution in [-0.2, 0) is 6.54 Å². The minimum atomic E-state index is 0. The van der Waals surface area contributed by atoms with Crippen molar-refractivity contribution in [3.05, 3.63) is 47.5 Å². The molecule has 0 unspecified atom stereocenters. The molecule has 25 heavy (non-hydrogen) atoms. The summed E-state index contributed by atoms with van der Waals surface area (Å²) in [6.07, 6.45) is 7.63. The number of hydrogen-bond donors (Lipinski definition) is 2. The summed E-state index contributed by atoms with van der Waals surface area (Å²) < 4.78 is 0. The summed E-state index contributed by atoms with van der Waals surface area (Å²) in [4.78, 5) is 6.88. The van der Waals surface area contributed by atoms with Gasteiger partial charge in [0.05, 0.1) is 0 Å². The van der Waals surface area contributed by atoms with Crippen molar-refractivity contribution in [2.24, 2.45) is 4.99 Å². The lowest BCUT2D eigenvalue weighted by atomic mass is 10.0. The minimum absolute atomic E-state index is 0. The molecule has 1 aromatic carbocycles. The van der Waals surface area contributed by atoms with Crippen LogP contribution in [0, 0.1) is 6.92 Å². The average Bonchev–Trinajstić information content (AvgIpc) is 2.59. The molecule has 1 aliphatic rings. The van der Waals surface area contributed by atoms with Gasteiger partial charge in [-0.2, -0.15) is 0 Å². The van der Waals surface area contributed by atoms with E-state index in [1.807, 2.05) is 7.05 Å². The summed E-state index contributed by atoms with van der Waals surface area (Å²) in [6, 6.07) is 9.36. The molecule has 0 radical (unpaired) electrons. The molecule has 0 aromatic heterocycles. The van der Waals surface area contributed by atoms with Crippen molar-refractivity contribution in [1.29, 1.82) is 0 Å². The van der Waals surface area contributed by atoms with E-state index in [2.05, 4.69) is 70.8 Å². The van der Waals surface area contributed by atoms with E-state index < -0.39 is 0 Å². The van der Waals surface area contributed by atoms with Crippen molar-refractivity contribution >= 4 is 29.9 Å². The molecule has 1 aromatic rings. The Morgan fingerprint density at radius 3 is 2.72 bits per heavy atom. The molecule has 1 aliphatic heterocycles. The zero-order valence-corrected chi connectivity index (χ0v) is 18.1. The van der Waals surface area contributed by atoms with E-state index in [-0.39, 0.29) is 24.0 Å². The van der Waals surface area contributed by atoms with Crippen LogP contribution in [0.3, 0.4) is 0 Å². The van der Waals surface area contributed by atoms with Gasteiger partial charge in [0, 0.05) is 39.3 Å². The average molecular weight is 456 g/mol. The molecular weight excluding hydrogens is 423 g/mol. The van der Waals surface area contributed by atoms with Gasteiger partial charge in [-0.15, -0.1) is 24.0 Å². The third-order valence-corrected chi connectivity index (χ3v) is 4.48. The number of guanidine groups is 1. The number of piperidine rings is 1. The molecule has 5 heteroatoms. The number of halogens is 1. The van der Waals surface area contributed by atoms with E-state index >= 15 is 0 Å². The number of likely N-dealkylation sites (tertiary alicyclic amines) is 1. The Hall–Kier alpha value is -1.08. The zero-order valence-electron chi connectivity index (χ0n) is 15.8. The van der Waals surface area contributed by atoms with Crippen molar-refractivity contribution in [3.63, 3.8) is 0 Å². The molecule has 0 bridgehead atoms. The quantitative estimate of drug-likeness (QED) is 0.226. The van der Waals surface area contributed by atoms with Crippen LogP contribution in [-0.4, -0.2) is 43.6 Å². The number of hydrogen-bond acceptors (Lipinski definition) is 2. The Kier molecular flexibility index (Phi) is 10.8. The van der Waals surface area contributed by atoms with Gasteiger partial charge in [-0.25, -0.2) is 0 Å². The number of allylic oxidation sites excluding steroid dienone is 1. The van der Waals surface area contributed by atoms with Crippen molar-refractivity contribution < 1.29 is 0 Å². The van der Waals surface area contributed by atoms with Crippen molar-refractivity contribution in [1.82, 2.24) is 15.5 Å². The first-order valence-electron chi connectivity index (χ1n) is 9.07. The summed E-state index contributed by atoms with van der Waals surface area (Å²) >= 11 is 0. The van der Waals surface area contributed by atoms with Crippen LogP contribution >= 0.6 is 24.0 Å². The van der Waals surface area contributed by atoms with Crippen LogP contribution < -0.4 is 10.6 Å². The van der Waals surface area contributed by atoms with E-state index in [9.17, 15) is 0 Å². The maximum absolute atomic E-state index is 4.33. The van der Waals surface area contributed by atoms with E-state index in [0.717, 1.165) is 38.6 Å². The summed E-state index contributed by atoms with van der Waals surface area (Å²) in [7, 11) is 1.85. The molecular formula is C20H33IN4. The topological polar surface area (TPSA) is 39.7 Å². The monoisotopic (exact) mass is 456 g/mol. The number of nitrogens with one attached hydrogen (secondary N) is 2. The third kappa shape index (κ3) is 8.23. The molecule has 0 amide bonds. The predicted octanol–water partition coefficient (Wildman–Crippen LogP) is 3.71. The standard InChI is InChI=1S/C20H32N4.HI/c1-4-5-6-12-22-20(21-3)23-19-10-13-24(14-11-19)16-18-9-7-8-17(2)15-18;/h4-5,7-9,15,19H,6,10-14,16H2,1-3H3,(H2,21,22,23);1H. The Morgan fingerprint density at radius 2 is 2.08 bits per heavy atom. The van der Waals surface area contributed by atoms with Crippen molar-refractivity contribution in [2.75, 3.05) is 26.7 Å². The Balaban J connectivity index is 0.00000312. The molecule has 2 rings (SSSR count). The molecule has 140 valence electrons. The van der Waals surface area contributed by atoms with Crippen LogP contribution in [0.1, 0.15) is 37.3 Å². The highest BCUT2D eigenvalue weighted by atomic mass is 127. The van der Waals surface area contributed by atoms with Crippen molar-refractivity contribution in [2.45, 2.75) is 45.7 Å². The fourth-order valence-corrected chi connectivity index (χ4v) is 3.13. The van der Waals surface area contributed by atoms with Gasteiger partial charge in [0.2, 0.25) is 0 Å². The Labute approximate surface area is 170 Å².